The van der Waals surface area contributed by atoms with Crippen LogP contribution >= 0.6 is 0 Å². The molecule has 2 amide bonds. The smallest absolute Gasteiger partial charge is 0.225 e. The summed E-state index contributed by atoms with van der Waals surface area (Å²) in [4.78, 5) is 28.7. The van der Waals surface area contributed by atoms with Crippen LogP contribution in [0.1, 0.15) is 31.2 Å². The molecule has 0 aromatic heterocycles. The SMILES string of the molecule is O=C(NCCN1CCCCC1)[C@H]1CC(=O)N(Cc2ccccc2)C1. The average molecular weight is 329 g/mol. The predicted molar refractivity (Wildman–Crippen MR) is 93.3 cm³/mol. The third kappa shape index (κ3) is 4.57. The molecule has 2 saturated heterocycles. The molecule has 5 heteroatoms. The van der Waals surface area contributed by atoms with Crippen molar-refractivity contribution in [2.24, 2.45) is 5.92 Å². The molecule has 3 rings (SSSR count). The molecule has 0 spiro atoms. The molecule has 1 aromatic rings. The molecule has 5 nitrogen and oxygen atoms in total. The van der Waals surface area contributed by atoms with Crippen LogP contribution in [-0.2, 0) is 16.1 Å². The molecule has 2 heterocycles. The Kier molecular flexibility index (Phi) is 5.86. The van der Waals surface area contributed by atoms with Crippen molar-refractivity contribution in [3.8, 4) is 0 Å². The van der Waals surface area contributed by atoms with Gasteiger partial charge in [0, 0.05) is 32.6 Å². The van der Waals surface area contributed by atoms with Crippen LogP contribution in [0.3, 0.4) is 0 Å². The number of nitrogens with zero attached hydrogens (tertiary/aromatic N) is 2. The zero-order valence-electron chi connectivity index (χ0n) is 14.2. The Balaban J connectivity index is 1.42. The standard InChI is InChI=1S/C19H27N3O2/c23-18-13-17(15-22(18)14-16-7-3-1-4-8-16)19(24)20-9-12-21-10-5-2-6-11-21/h1,3-4,7-8,17H,2,5-6,9-15H2,(H,20,24)/t17-/m0/s1. The summed E-state index contributed by atoms with van der Waals surface area (Å²) in [6, 6.07) is 9.94. The number of carbonyl (C=O) groups is 2. The summed E-state index contributed by atoms with van der Waals surface area (Å²) >= 11 is 0. The number of piperidine rings is 1. The van der Waals surface area contributed by atoms with Crippen LogP contribution in [0.4, 0.5) is 0 Å². The van der Waals surface area contributed by atoms with Gasteiger partial charge >= 0.3 is 0 Å². The molecule has 24 heavy (non-hydrogen) atoms. The number of carbonyl (C=O) groups excluding carboxylic acids is 2. The molecule has 2 aliphatic heterocycles. The number of nitrogens with one attached hydrogen (secondary N) is 1. The van der Waals surface area contributed by atoms with Gasteiger partial charge in [0.1, 0.15) is 0 Å². The second-order valence-corrected chi connectivity index (χ2v) is 6.85. The zero-order valence-corrected chi connectivity index (χ0v) is 14.2. The Morgan fingerprint density at radius 2 is 1.88 bits per heavy atom. The summed E-state index contributed by atoms with van der Waals surface area (Å²) in [6.07, 6.45) is 4.19. The normalized spacial score (nSPS) is 21.9. The van der Waals surface area contributed by atoms with Crippen molar-refractivity contribution in [2.45, 2.75) is 32.2 Å². The molecule has 0 unspecified atom stereocenters. The number of hydrogen-bond donors (Lipinski definition) is 1. The lowest BCUT2D eigenvalue weighted by Gasteiger charge is -2.26. The lowest BCUT2D eigenvalue weighted by atomic mass is 10.1. The van der Waals surface area contributed by atoms with Crippen molar-refractivity contribution in [2.75, 3.05) is 32.7 Å². The van der Waals surface area contributed by atoms with Gasteiger partial charge in [-0.2, -0.15) is 0 Å². The van der Waals surface area contributed by atoms with Crippen LogP contribution in [0, 0.1) is 5.92 Å². The molecule has 0 aliphatic carbocycles. The highest BCUT2D eigenvalue weighted by atomic mass is 16.2. The fraction of sp³-hybridized carbons (Fsp3) is 0.579. The van der Waals surface area contributed by atoms with Crippen LogP contribution in [0.2, 0.25) is 0 Å². The molecule has 1 aromatic carbocycles. The Morgan fingerprint density at radius 3 is 2.62 bits per heavy atom. The third-order valence-corrected chi connectivity index (χ3v) is 4.98. The Morgan fingerprint density at radius 1 is 1.12 bits per heavy atom. The Hall–Kier alpha value is -1.88. The summed E-state index contributed by atoms with van der Waals surface area (Å²) in [7, 11) is 0. The van der Waals surface area contributed by atoms with E-state index in [9.17, 15) is 9.59 Å². The van der Waals surface area contributed by atoms with Crippen molar-refractivity contribution in [3.63, 3.8) is 0 Å². The van der Waals surface area contributed by atoms with Crippen molar-refractivity contribution >= 4 is 11.8 Å². The Labute approximate surface area is 144 Å². The molecule has 0 radical (unpaired) electrons. The van der Waals surface area contributed by atoms with Gasteiger partial charge in [-0.15, -0.1) is 0 Å². The zero-order chi connectivity index (χ0) is 16.8. The van der Waals surface area contributed by atoms with E-state index in [0.717, 1.165) is 25.2 Å². The second-order valence-electron chi connectivity index (χ2n) is 6.85. The predicted octanol–water partition coefficient (Wildman–Crippen LogP) is 1.64. The maximum absolute atomic E-state index is 12.3. The molecule has 0 bridgehead atoms. The quantitative estimate of drug-likeness (QED) is 0.863. The third-order valence-electron chi connectivity index (χ3n) is 4.98. The molecule has 0 saturated carbocycles. The van der Waals surface area contributed by atoms with Gasteiger partial charge in [0.05, 0.1) is 5.92 Å². The molecular weight excluding hydrogens is 302 g/mol. The van der Waals surface area contributed by atoms with Crippen molar-refractivity contribution < 1.29 is 9.59 Å². The molecule has 1 N–H and O–H groups in total. The van der Waals surface area contributed by atoms with Gasteiger partial charge in [0.25, 0.3) is 0 Å². The average Bonchev–Trinajstić information content (AvgIpc) is 2.97. The van der Waals surface area contributed by atoms with Gasteiger partial charge in [0.15, 0.2) is 0 Å². The van der Waals surface area contributed by atoms with E-state index in [1.165, 1.54) is 19.3 Å². The van der Waals surface area contributed by atoms with Gasteiger partial charge in [-0.3, -0.25) is 9.59 Å². The van der Waals surface area contributed by atoms with Gasteiger partial charge in [-0.05, 0) is 31.5 Å². The van der Waals surface area contributed by atoms with Crippen molar-refractivity contribution in [1.82, 2.24) is 15.1 Å². The van der Waals surface area contributed by atoms with E-state index in [0.29, 0.717) is 26.1 Å². The lowest BCUT2D eigenvalue weighted by Crippen LogP contribution is -2.40. The number of hydrogen-bond acceptors (Lipinski definition) is 3. The largest absolute Gasteiger partial charge is 0.355 e. The van der Waals surface area contributed by atoms with Gasteiger partial charge in [-0.1, -0.05) is 36.8 Å². The van der Waals surface area contributed by atoms with E-state index in [-0.39, 0.29) is 17.7 Å². The van der Waals surface area contributed by atoms with E-state index in [1.54, 1.807) is 4.90 Å². The summed E-state index contributed by atoms with van der Waals surface area (Å²) in [5.74, 6) is -0.103. The van der Waals surface area contributed by atoms with Crippen LogP contribution in [0.15, 0.2) is 30.3 Å². The maximum atomic E-state index is 12.3. The Bertz CT molecular complexity index is 555. The fourth-order valence-corrected chi connectivity index (χ4v) is 3.57. The van der Waals surface area contributed by atoms with E-state index in [4.69, 9.17) is 0 Å². The maximum Gasteiger partial charge on any atom is 0.225 e. The number of benzene rings is 1. The minimum Gasteiger partial charge on any atom is -0.355 e. The summed E-state index contributed by atoms with van der Waals surface area (Å²) in [6.45, 7) is 5.01. The first-order valence-corrected chi connectivity index (χ1v) is 9.04. The minimum absolute atomic E-state index is 0.0240. The van der Waals surface area contributed by atoms with Crippen LogP contribution in [0.5, 0.6) is 0 Å². The summed E-state index contributed by atoms with van der Waals surface area (Å²) in [5.41, 5.74) is 1.11. The first kappa shape index (κ1) is 17.0. The van der Waals surface area contributed by atoms with Crippen LogP contribution in [0.25, 0.3) is 0 Å². The molecule has 1 atom stereocenters. The summed E-state index contributed by atoms with van der Waals surface area (Å²) < 4.78 is 0. The first-order chi connectivity index (χ1) is 11.7. The number of likely N-dealkylation sites (tertiary alicyclic amines) is 2. The first-order valence-electron chi connectivity index (χ1n) is 9.04. The lowest BCUT2D eigenvalue weighted by molar-refractivity contribution is -0.129. The van der Waals surface area contributed by atoms with Crippen LogP contribution < -0.4 is 5.32 Å². The van der Waals surface area contributed by atoms with Gasteiger partial charge in [0.2, 0.25) is 11.8 Å². The van der Waals surface area contributed by atoms with Crippen LogP contribution in [-0.4, -0.2) is 54.3 Å². The number of rotatable bonds is 6. The second kappa shape index (κ2) is 8.29. The molecule has 2 fully saturated rings. The highest BCUT2D eigenvalue weighted by Gasteiger charge is 2.34. The van der Waals surface area contributed by atoms with E-state index in [1.807, 2.05) is 30.3 Å². The van der Waals surface area contributed by atoms with E-state index < -0.39 is 0 Å². The molecule has 2 aliphatic rings. The highest BCUT2D eigenvalue weighted by Crippen LogP contribution is 2.20. The van der Waals surface area contributed by atoms with E-state index >= 15 is 0 Å². The monoisotopic (exact) mass is 329 g/mol. The molecular formula is C19H27N3O2. The van der Waals surface area contributed by atoms with Crippen molar-refractivity contribution in [1.29, 1.82) is 0 Å². The highest BCUT2D eigenvalue weighted by molar-refractivity contribution is 5.89. The van der Waals surface area contributed by atoms with E-state index in [2.05, 4.69) is 10.2 Å². The van der Waals surface area contributed by atoms with Gasteiger partial charge in [-0.25, -0.2) is 0 Å². The minimum atomic E-state index is -0.206. The van der Waals surface area contributed by atoms with Gasteiger partial charge < -0.3 is 15.1 Å². The summed E-state index contributed by atoms with van der Waals surface area (Å²) in [5, 5.41) is 3.02. The van der Waals surface area contributed by atoms with Crippen molar-refractivity contribution in [3.05, 3.63) is 35.9 Å². The topological polar surface area (TPSA) is 52.7 Å². The molecule has 130 valence electrons. The number of amides is 2. The fourth-order valence-electron chi connectivity index (χ4n) is 3.57.